The fourth-order valence-electron chi connectivity index (χ4n) is 3.47. The molecule has 0 unspecified atom stereocenters. The van der Waals surface area contributed by atoms with Gasteiger partial charge in [0, 0.05) is 11.6 Å². The van der Waals surface area contributed by atoms with E-state index in [1.807, 2.05) is 6.07 Å². The van der Waals surface area contributed by atoms with Crippen LogP contribution in [0.2, 0.25) is 0 Å². The van der Waals surface area contributed by atoms with Crippen LogP contribution >= 0.6 is 0 Å². The van der Waals surface area contributed by atoms with Gasteiger partial charge in [-0.05, 0) is 43.6 Å². The van der Waals surface area contributed by atoms with Gasteiger partial charge in [-0.25, -0.2) is 14.4 Å². The van der Waals surface area contributed by atoms with Crippen molar-refractivity contribution in [2.24, 2.45) is 0 Å². The summed E-state index contributed by atoms with van der Waals surface area (Å²) in [5.74, 6) is 0.788. The van der Waals surface area contributed by atoms with Gasteiger partial charge in [0.15, 0.2) is 17.3 Å². The van der Waals surface area contributed by atoms with Crippen LogP contribution in [-0.4, -0.2) is 45.6 Å². The molecule has 0 bridgehead atoms. The number of alkyl halides is 1. The molecule has 1 aliphatic heterocycles. The monoisotopic (exact) mass is 409 g/mol. The number of ether oxygens (including phenoxy) is 1. The highest BCUT2D eigenvalue weighted by Gasteiger charge is 2.34. The minimum Gasteiger partial charge on any atom is -0.496 e. The maximum atomic E-state index is 15.3. The number of nitrogens with one attached hydrogen (secondary N) is 2. The maximum Gasteiger partial charge on any atom is 0.181 e. The molecule has 0 spiro atoms. The van der Waals surface area contributed by atoms with Gasteiger partial charge in [0.1, 0.15) is 17.5 Å². The summed E-state index contributed by atoms with van der Waals surface area (Å²) in [5.41, 5.74) is 0.594. The summed E-state index contributed by atoms with van der Waals surface area (Å²) < 4.78 is 20.8. The van der Waals surface area contributed by atoms with Crippen molar-refractivity contribution in [3.63, 3.8) is 0 Å². The lowest BCUT2D eigenvalue weighted by atomic mass is 9.86. The average Bonchev–Trinajstić information content (AvgIpc) is 3.29. The van der Waals surface area contributed by atoms with E-state index in [4.69, 9.17) is 10.00 Å². The van der Waals surface area contributed by atoms with Crippen molar-refractivity contribution in [1.82, 2.24) is 25.5 Å². The van der Waals surface area contributed by atoms with E-state index in [9.17, 15) is 5.21 Å². The number of hydrogen-bond donors (Lipinski definition) is 3. The number of aromatic amines is 1. The summed E-state index contributed by atoms with van der Waals surface area (Å²) in [6, 6.07) is 8.71. The highest BCUT2D eigenvalue weighted by molar-refractivity contribution is 5.71. The number of nitrogens with zero attached hydrogens (tertiary/aromatic N) is 5. The minimum absolute atomic E-state index is 0.111. The fourth-order valence-corrected chi connectivity index (χ4v) is 3.47. The molecule has 3 heterocycles. The molecule has 30 heavy (non-hydrogen) atoms. The Morgan fingerprint density at radius 3 is 2.67 bits per heavy atom. The van der Waals surface area contributed by atoms with Crippen LogP contribution in [0.3, 0.4) is 0 Å². The summed E-state index contributed by atoms with van der Waals surface area (Å²) in [6.45, 7) is 1.27. The van der Waals surface area contributed by atoms with E-state index < -0.39 is 5.67 Å². The molecule has 0 saturated carbocycles. The number of methoxy groups -OCH3 is 1. The summed E-state index contributed by atoms with van der Waals surface area (Å²) >= 11 is 0. The summed E-state index contributed by atoms with van der Waals surface area (Å²) in [6.07, 6.45) is 3.34. The molecule has 3 aromatic rings. The van der Waals surface area contributed by atoms with Crippen molar-refractivity contribution in [2.45, 2.75) is 18.5 Å². The molecular formula is C20H20FN7O2. The topological polar surface area (TPSA) is 123 Å². The summed E-state index contributed by atoms with van der Waals surface area (Å²) in [7, 11) is 1.53. The van der Waals surface area contributed by atoms with E-state index in [2.05, 4.69) is 25.5 Å². The molecule has 2 aromatic heterocycles. The first-order valence-electron chi connectivity index (χ1n) is 9.39. The van der Waals surface area contributed by atoms with E-state index in [0.717, 1.165) is 5.06 Å². The number of piperidine rings is 1. The van der Waals surface area contributed by atoms with Crippen LogP contribution in [0, 0.1) is 11.3 Å². The van der Waals surface area contributed by atoms with Crippen LogP contribution in [0.25, 0.3) is 11.3 Å². The van der Waals surface area contributed by atoms with Gasteiger partial charge in [-0.1, -0.05) is 6.07 Å². The van der Waals surface area contributed by atoms with Crippen molar-refractivity contribution in [2.75, 3.05) is 25.3 Å². The van der Waals surface area contributed by atoms with Crippen molar-refractivity contribution in [3.05, 3.63) is 47.9 Å². The molecule has 0 radical (unpaired) electrons. The average molecular weight is 409 g/mol. The number of rotatable bonds is 5. The SMILES string of the molecule is COc1cc(C2(F)CCNCC2)ccc1-c1cc(N(O)c2cnc(C#N)cn2)n[nH]1. The normalized spacial score (nSPS) is 15.4. The highest BCUT2D eigenvalue weighted by Crippen LogP contribution is 2.40. The van der Waals surface area contributed by atoms with Gasteiger partial charge in [-0.2, -0.15) is 15.4 Å². The van der Waals surface area contributed by atoms with Gasteiger partial charge >= 0.3 is 0 Å². The smallest absolute Gasteiger partial charge is 0.181 e. The van der Waals surface area contributed by atoms with Gasteiger partial charge in [0.25, 0.3) is 0 Å². The van der Waals surface area contributed by atoms with Crippen LogP contribution < -0.4 is 15.1 Å². The molecule has 0 amide bonds. The van der Waals surface area contributed by atoms with Crippen molar-refractivity contribution in [1.29, 1.82) is 5.26 Å². The molecule has 1 fully saturated rings. The van der Waals surface area contributed by atoms with Gasteiger partial charge in [0.2, 0.25) is 0 Å². The standard InChI is InChI=1S/C20H20FN7O2/c1-30-17-8-13(20(21)4-6-23-7-5-20)2-3-15(17)16-9-18(27-26-16)28(29)19-12-24-14(10-22)11-25-19/h2-3,8-9,11-12,23,29H,4-7H2,1H3,(H,26,27). The van der Waals surface area contributed by atoms with Crippen molar-refractivity contribution in [3.8, 4) is 23.1 Å². The lowest BCUT2D eigenvalue weighted by Crippen LogP contribution is -2.36. The number of aromatic nitrogens is 4. The number of nitriles is 1. The second kappa shape index (κ2) is 8.06. The van der Waals surface area contributed by atoms with Gasteiger partial charge in [-0.15, -0.1) is 0 Å². The fraction of sp³-hybridized carbons (Fsp3) is 0.300. The second-order valence-electron chi connectivity index (χ2n) is 6.95. The Balaban J connectivity index is 1.61. The predicted molar refractivity (Wildman–Crippen MR) is 106 cm³/mol. The lowest BCUT2D eigenvalue weighted by Gasteiger charge is -2.30. The zero-order valence-corrected chi connectivity index (χ0v) is 16.3. The Morgan fingerprint density at radius 2 is 2.00 bits per heavy atom. The first-order chi connectivity index (χ1) is 14.5. The van der Waals surface area contributed by atoms with E-state index in [1.54, 1.807) is 24.3 Å². The molecule has 4 rings (SSSR count). The van der Waals surface area contributed by atoms with Crippen molar-refractivity contribution < 1.29 is 14.3 Å². The Bertz CT molecular complexity index is 1070. The van der Waals surface area contributed by atoms with Crippen LogP contribution in [0.15, 0.2) is 36.7 Å². The van der Waals surface area contributed by atoms with Gasteiger partial charge < -0.3 is 10.1 Å². The van der Waals surface area contributed by atoms with E-state index in [-0.39, 0.29) is 17.3 Å². The van der Waals surface area contributed by atoms with Gasteiger partial charge in [-0.3, -0.25) is 10.3 Å². The van der Waals surface area contributed by atoms with Crippen LogP contribution in [0.4, 0.5) is 16.0 Å². The number of hydrogen-bond acceptors (Lipinski definition) is 8. The minimum atomic E-state index is -1.38. The van der Waals surface area contributed by atoms with Crippen LogP contribution in [0.5, 0.6) is 5.75 Å². The molecule has 154 valence electrons. The predicted octanol–water partition coefficient (Wildman–Crippen LogP) is 2.82. The molecule has 9 nitrogen and oxygen atoms in total. The molecule has 10 heteroatoms. The van der Waals surface area contributed by atoms with E-state index in [0.29, 0.717) is 48.5 Å². The first-order valence-corrected chi connectivity index (χ1v) is 9.39. The third-order valence-electron chi connectivity index (χ3n) is 5.16. The second-order valence-corrected chi connectivity index (χ2v) is 6.95. The summed E-state index contributed by atoms with van der Waals surface area (Å²) in [4.78, 5) is 7.85. The number of H-pyrrole nitrogens is 1. The van der Waals surface area contributed by atoms with Gasteiger partial charge in [0.05, 0.1) is 25.2 Å². The molecule has 0 aliphatic carbocycles. The Labute approximate surface area is 172 Å². The maximum absolute atomic E-state index is 15.3. The third kappa shape index (κ3) is 3.68. The molecule has 1 aliphatic rings. The zero-order valence-electron chi connectivity index (χ0n) is 16.3. The quantitative estimate of drug-likeness (QED) is 0.550. The third-order valence-corrected chi connectivity index (χ3v) is 5.16. The summed E-state index contributed by atoms with van der Waals surface area (Å²) in [5, 5.41) is 30.0. The first kappa shape index (κ1) is 19.8. The lowest BCUT2D eigenvalue weighted by molar-refractivity contribution is 0.115. The van der Waals surface area contributed by atoms with Crippen LogP contribution in [-0.2, 0) is 5.67 Å². The molecular weight excluding hydrogens is 389 g/mol. The molecule has 1 saturated heterocycles. The van der Waals surface area contributed by atoms with E-state index in [1.165, 1.54) is 19.5 Å². The molecule has 0 atom stereocenters. The number of halogens is 1. The Hall–Kier alpha value is -3.55. The van der Waals surface area contributed by atoms with E-state index >= 15 is 4.39 Å². The number of anilines is 2. The zero-order chi connectivity index (χ0) is 21.1. The Morgan fingerprint density at radius 1 is 1.20 bits per heavy atom. The Kier molecular flexibility index (Phi) is 5.31. The largest absolute Gasteiger partial charge is 0.496 e. The van der Waals surface area contributed by atoms with Crippen molar-refractivity contribution >= 4 is 11.6 Å². The highest BCUT2D eigenvalue weighted by atomic mass is 19.1. The van der Waals surface area contributed by atoms with Crippen LogP contribution in [0.1, 0.15) is 24.1 Å². The molecule has 3 N–H and O–H groups in total. The molecule has 1 aromatic carbocycles. The number of benzene rings is 1.